The van der Waals surface area contributed by atoms with E-state index in [9.17, 15) is 4.79 Å². The van der Waals surface area contributed by atoms with Crippen molar-refractivity contribution < 1.29 is 4.79 Å². The first kappa shape index (κ1) is 10.5. The molecule has 0 aliphatic rings. The molecule has 0 saturated heterocycles. The molecular weight excluding hydrogens is 178 g/mol. The molecule has 1 amide bonds. The van der Waals surface area contributed by atoms with Gasteiger partial charge in [-0.1, -0.05) is 0 Å². The number of rotatable bonds is 2. The van der Waals surface area contributed by atoms with Crippen LogP contribution in [0.4, 0.5) is 5.69 Å². The molecule has 0 aliphatic carbocycles. The Labute approximate surface area is 83.7 Å². The molecule has 0 radical (unpaired) electrons. The Balaban J connectivity index is 3.06. The van der Waals surface area contributed by atoms with Crippen LogP contribution in [0.15, 0.2) is 12.3 Å². The van der Waals surface area contributed by atoms with Crippen molar-refractivity contribution in [2.45, 2.75) is 13.8 Å². The highest BCUT2D eigenvalue weighted by molar-refractivity contribution is 5.95. The number of amides is 1. The molecular formula is C10H15N3O. The molecule has 0 aliphatic heterocycles. The zero-order valence-corrected chi connectivity index (χ0v) is 8.74. The Bertz CT molecular complexity index is 349. The van der Waals surface area contributed by atoms with Crippen molar-refractivity contribution in [3.63, 3.8) is 0 Å². The zero-order valence-electron chi connectivity index (χ0n) is 8.74. The number of aromatic nitrogens is 1. The summed E-state index contributed by atoms with van der Waals surface area (Å²) in [4.78, 5) is 17.5. The molecule has 76 valence electrons. The van der Waals surface area contributed by atoms with Gasteiger partial charge in [-0.05, 0) is 19.9 Å². The van der Waals surface area contributed by atoms with Crippen LogP contribution in [-0.4, -0.2) is 29.4 Å². The van der Waals surface area contributed by atoms with Crippen LogP contribution in [0.25, 0.3) is 0 Å². The Morgan fingerprint density at radius 2 is 2.29 bits per heavy atom. The number of nitrogens with zero attached hydrogens (tertiary/aromatic N) is 2. The molecule has 0 aromatic carbocycles. The maximum atomic E-state index is 11.8. The minimum Gasteiger partial charge on any atom is -0.397 e. The van der Waals surface area contributed by atoms with Gasteiger partial charge in [-0.3, -0.25) is 9.78 Å². The van der Waals surface area contributed by atoms with E-state index in [2.05, 4.69) is 4.98 Å². The van der Waals surface area contributed by atoms with Crippen LogP contribution >= 0.6 is 0 Å². The van der Waals surface area contributed by atoms with E-state index in [1.165, 1.54) is 0 Å². The number of hydrogen-bond acceptors (Lipinski definition) is 3. The van der Waals surface area contributed by atoms with Gasteiger partial charge in [0.25, 0.3) is 5.91 Å². The normalized spacial score (nSPS) is 9.93. The van der Waals surface area contributed by atoms with E-state index in [4.69, 9.17) is 5.73 Å². The predicted molar refractivity (Wildman–Crippen MR) is 56.0 cm³/mol. The lowest BCUT2D eigenvalue weighted by Crippen LogP contribution is -2.27. The fourth-order valence-corrected chi connectivity index (χ4v) is 1.12. The zero-order chi connectivity index (χ0) is 10.7. The van der Waals surface area contributed by atoms with E-state index >= 15 is 0 Å². The van der Waals surface area contributed by atoms with Gasteiger partial charge in [0.1, 0.15) is 0 Å². The van der Waals surface area contributed by atoms with Gasteiger partial charge in [0.15, 0.2) is 0 Å². The second-order valence-electron chi connectivity index (χ2n) is 3.22. The number of carbonyl (C=O) groups is 1. The van der Waals surface area contributed by atoms with Crippen molar-refractivity contribution in [2.24, 2.45) is 0 Å². The van der Waals surface area contributed by atoms with Gasteiger partial charge in [-0.2, -0.15) is 0 Å². The molecule has 4 nitrogen and oxygen atoms in total. The van der Waals surface area contributed by atoms with Crippen molar-refractivity contribution in [2.75, 3.05) is 19.3 Å². The Hall–Kier alpha value is -1.58. The fraction of sp³-hybridized carbons (Fsp3) is 0.400. The van der Waals surface area contributed by atoms with Crippen LogP contribution in [0.2, 0.25) is 0 Å². The third-order valence-corrected chi connectivity index (χ3v) is 2.16. The average molecular weight is 193 g/mol. The third kappa shape index (κ3) is 2.02. The molecule has 1 rings (SSSR count). The summed E-state index contributed by atoms with van der Waals surface area (Å²) < 4.78 is 0. The van der Waals surface area contributed by atoms with Crippen LogP contribution in [0, 0.1) is 6.92 Å². The number of pyridine rings is 1. The van der Waals surface area contributed by atoms with Crippen molar-refractivity contribution >= 4 is 11.6 Å². The molecule has 1 aromatic rings. The van der Waals surface area contributed by atoms with Crippen LogP contribution in [0.1, 0.15) is 23.0 Å². The second kappa shape index (κ2) is 4.09. The number of hydrogen-bond donors (Lipinski definition) is 1. The summed E-state index contributed by atoms with van der Waals surface area (Å²) in [6.45, 7) is 4.40. The lowest BCUT2D eigenvalue weighted by Gasteiger charge is -2.15. The molecule has 0 spiro atoms. The standard InChI is InChI=1S/C10H15N3O/c1-4-13(3)10(14)9-5-8(11)6-12-7(9)2/h5-6H,4,11H2,1-3H3. The molecule has 0 saturated carbocycles. The lowest BCUT2D eigenvalue weighted by atomic mass is 10.1. The van der Waals surface area contributed by atoms with Crippen LogP contribution < -0.4 is 5.73 Å². The minimum atomic E-state index is -0.0372. The van der Waals surface area contributed by atoms with Gasteiger partial charge < -0.3 is 10.6 Å². The first-order valence-corrected chi connectivity index (χ1v) is 4.53. The monoisotopic (exact) mass is 193 g/mol. The van der Waals surface area contributed by atoms with Gasteiger partial charge >= 0.3 is 0 Å². The molecule has 1 heterocycles. The van der Waals surface area contributed by atoms with E-state index in [0.717, 1.165) is 0 Å². The second-order valence-corrected chi connectivity index (χ2v) is 3.22. The SMILES string of the molecule is CCN(C)C(=O)c1cc(N)cnc1C. The molecule has 0 fully saturated rings. The molecule has 0 atom stereocenters. The Kier molecular flexibility index (Phi) is 3.06. The maximum absolute atomic E-state index is 11.8. The molecule has 0 bridgehead atoms. The summed E-state index contributed by atoms with van der Waals surface area (Å²) in [6.07, 6.45) is 1.55. The average Bonchev–Trinajstić information content (AvgIpc) is 2.19. The van der Waals surface area contributed by atoms with Crippen LogP contribution in [0.5, 0.6) is 0 Å². The van der Waals surface area contributed by atoms with Crippen LogP contribution in [0.3, 0.4) is 0 Å². The van der Waals surface area contributed by atoms with Crippen LogP contribution in [-0.2, 0) is 0 Å². The number of aryl methyl sites for hydroxylation is 1. The largest absolute Gasteiger partial charge is 0.397 e. The summed E-state index contributed by atoms with van der Waals surface area (Å²) in [5.41, 5.74) is 7.38. The predicted octanol–water partition coefficient (Wildman–Crippen LogP) is 1.06. The highest BCUT2D eigenvalue weighted by atomic mass is 16.2. The van der Waals surface area contributed by atoms with Gasteiger partial charge in [-0.15, -0.1) is 0 Å². The lowest BCUT2D eigenvalue weighted by molar-refractivity contribution is 0.0801. The number of carbonyl (C=O) groups excluding carboxylic acids is 1. The van der Waals surface area contributed by atoms with E-state index in [0.29, 0.717) is 23.5 Å². The molecule has 1 aromatic heterocycles. The van der Waals surface area contributed by atoms with Gasteiger partial charge in [0, 0.05) is 13.6 Å². The van der Waals surface area contributed by atoms with Gasteiger partial charge in [0.2, 0.25) is 0 Å². The molecule has 14 heavy (non-hydrogen) atoms. The fourth-order valence-electron chi connectivity index (χ4n) is 1.12. The Morgan fingerprint density at radius 1 is 1.64 bits per heavy atom. The quantitative estimate of drug-likeness (QED) is 0.764. The first-order chi connectivity index (χ1) is 6.56. The summed E-state index contributed by atoms with van der Waals surface area (Å²) in [6, 6.07) is 1.66. The van der Waals surface area contributed by atoms with Gasteiger partial charge in [-0.25, -0.2) is 0 Å². The first-order valence-electron chi connectivity index (χ1n) is 4.53. The van der Waals surface area contributed by atoms with E-state index in [1.807, 2.05) is 6.92 Å². The molecule has 4 heteroatoms. The topological polar surface area (TPSA) is 59.2 Å². The highest BCUT2D eigenvalue weighted by Crippen LogP contribution is 2.11. The minimum absolute atomic E-state index is 0.0372. The highest BCUT2D eigenvalue weighted by Gasteiger charge is 2.13. The summed E-state index contributed by atoms with van der Waals surface area (Å²) in [5, 5.41) is 0. The summed E-state index contributed by atoms with van der Waals surface area (Å²) in [7, 11) is 1.75. The number of nitrogen functional groups attached to an aromatic ring is 1. The molecule has 0 unspecified atom stereocenters. The smallest absolute Gasteiger partial charge is 0.255 e. The number of anilines is 1. The molecule has 2 N–H and O–H groups in total. The van der Waals surface area contributed by atoms with E-state index < -0.39 is 0 Å². The number of nitrogens with two attached hydrogens (primary N) is 1. The van der Waals surface area contributed by atoms with E-state index in [-0.39, 0.29) is 5.91 Å². The van der Waals surface area contributed by atoms with Crippen molar-refractivity contribution in [3.8, 4) is 0 Å². The van der Waals surface area contributed by atoms with E-state index in [1.54, 1.807) is 31.1 Å². The van der Waals surface area contributed by atoms with Gasteiger partial charge in [0.05, 0.1) is 23.1 Å². The van der Waals surface area contributed by atoms with Crippen molar-refractivity contribution in [1.29, 1.82) is 0 Å². The Morgan fingerprint density at radius 3 is 2.86 bits per heavy atom. The summed E-state index contributed by atoms with van der Waals surface area (Å²) in [5.74, 6) is -0.0372. The maximum Gasteiger partial charge on any atom is 0.255 e. The third-order valence-electron chi connectivity index (χ3n) is 2.16. The van der Waals surface area contributed by atoms with Crippen molar-refractivity contribution in [3.05, 3.63) is 23.5 Å². The summed E-state index contributed by atoms with van der Waals surface area (Å²) >= 11 is 0. The van der Waals surface area contributed by atoms with Crippen molar-refractivity contribution in [1.82, 2.24) is 9.88 Å².